The summed E-state index contributed by atoms with van der Waals surface area (Å²) in [5.41, 5.74) is 0.205. The summed E-state index contributed by atoms with van der Waals surface area (Å²) in [7, 11) is 0. The molecule has 0 fully saturated rings. The fraction of sp³-hybridized carbons (Fsp3) is 0.571. The van der Waals surface area contributed by atoms with Gasteiger partial charge < -0.3 is 0 Å². The summed E-state index contributed by atoms with van der Waals surface area (Å²) >= 11 is 3.42. The van der Waals surface area contributed by atoms with Crippen molar-refractivity contribution in [2.45, 2.75) is 44.4 Å². The van der Waals surface area contributed by atoms with Crippen molar-refractivity contribution in [2.75, 3.05) is 0 Å². The average molecular weight is 323 g/mol. The van der Waals surface area contributed by atoms with E-state index in [4.69, 9.17) is 0 Å². The maximum Gasteiger partial charge on any atom is 0.161 e. The van der Waals surface area contributed by atoms with Crippen LogP contribution in [0.25, 0.3) is 0 Å². The van der Waals surface area contributed by atoms with Gasteiger partial charge in [0.15, 0.2) is 11.6 Å². The van der Waals surface area contributed by atoms with Crippen molar-refractivity contribution in [3.05, 3.63) is 35.1 Å². The maximum atomic E-state index is 13.7. The standard InChI is InChI=1S/C14H18BrF3/c1-3-5-6-9(4-2)14(15)10-7-12(17)13(18)8-11(10)16/h7-9,14H,3-6H2,1-2H3. The highest BCUT2D eigenvalue weighted by Crippen LogP contribution is 2.38. The Kier molecular flexibility index (Phi) is 6.19. The van der Waals surface area contributed by atoms with E-state index < -0.39 is 17.5 Å². The van der Waals surface area contributed by atoms with Gasteiger partial charge in [-0.25, -0.2) is 13.2 Å². The van der Waals surface area contributed by atoms with Gasteiger partial charge in [-0.2, -0.15) is 0 Å². The van der Waals surface area contributed by atoms with Gasteiger partial charge in [-0.05, 0) is 18.4 Å². The molecule has 0 aliphatic heterocycles. The van der Waals surface area contributed by atoms with Gasteiger partial charge in [-0.15, -0.1) is 0 Å². The Bertz CT molecular complexity index is 393. The zero-order chi connectivity index (χ0) is 13.7. The minimum absolute atomic E-state index is 0.205. The van der Waals surface area contributed by atoms with Crippen LogP contribution in [0.3, 0.4) is 0 Å². The Morgan fingerprint density at radius 1 is 1.06 bits per heavy atom. The maximum absolute atomic E-state index is 13.7. The molecule has 1 aromatic rings. The number of rotatable bonds is 6. The number of hydrogen-bond donors (Lipinski definition) is 0. The molecule has 0 amide bonds. The summed E-state index contributed by atoms with van der Waals surface area (Å²) in [5, 5.41) is 0. The van der Waals surface area contributed by atoms with Gasteiger partial charge in [0.05, 0.1) is 0 Å². The van der Waals surface area contributed by atoms with Crippen LogP contribution in [-0.2, 0) is 0 Å². The summed E-state index contributed by atoms with van der Waals surface area (Å²) < 4.78 is 39.7. The second-order valence-corrected chi connectivity index (χ2v) is 5.49. The zero-order valence-electron chi connectivity index (χ0n) is 10.6. The highest BCUT2D eigenvalue weighted by atomic mass is 79.9. The van der Waals surface area contributed by atoms with E-state index in [2.05, 4.69) is 22.9 Å². The quantitative estimate of drug-likeness (QED) is 0.461. The summed E-state index contributed by atoms with van der Waals surface area (Å²) in [4.78, 5) is -0.274. The number of benzene rings is 1. The lowest BCUT2D eigenvalue weighted by molar-refractivity contribution is 0.430. The Labute approximate surface area is 115 Å². The Balaban J connectivity index is 2.94. The highest BCUT2D eigenvalue weighted by Gasteiger charge is 2.23. The molecule has 0 N–H and O–H groups in total. The molecule has 1 aromatic carbocycles. The van der Waals surface area contributed by atoms with Crippen molar-refractivity contribution in [3.63, 3.8) is 0 Å². The highest BCUT2D eigenvalue weighted by molar-refractivity contribution is 9.09. The topological polar surface area (TPSA) is 0 Å². The molecule has 0 aromatic heterocycles. The van der Waals surface area contributed by atoms with Gasteiger partial charge in [0.25, 0.3) is 0 Å². The van der Waals surface area contributed by atoms with Crippen LogP contribution in [0.4, 0.5) is 13.2 Å². The van der Waals surface area contributed by atoms with Crippen molar-refractivity contribution in [3.8, 4) is 0 Å². The lowest BCUT2D eigenvalue weighted by Crippen LogP contribution is -2.09. The van der Waals surface area contributed by atoms with E-state index >= 15 is 0 Å². The van der Waals surface area contributed by atoms with E-state index in [9.17, 15) is 13.2 Å². The van der Waals surface area contributed by atoms with Crippen LogP contribution in [0.2, 0.25) is 0 Å². The molecule has 0 spiro atoms. The Morgan fingerprint density at radius 3 is 2.22 bits per heavy atom. The van der Waals surface area contributed by atoms with E-state index in [1.54, 1.807) is 0 Å². The monoisotopic (exact) mass is 322 g/mol. The minimum atomic E-state index is -1.14. The first-order valence-corrected chi connectivity index (χ1v) is 7.21. The minimum Gasteiger partial charge on any atom is -0.207 e. The predicted molar refractivity (Wildman–Crippen MR) is 71.3 cm³/mol. The fourth-order valence-corrected chi connectivity index (χ4v) is 3.02. The fourth-order valence-electron chi connectivity index (χ4n) is 2.03. The van der Waals surface area contributed by atoms with Crippen LogP contribution in [-0.4, -0.2) is 0 Å². The van der Waals surface area contributed by atoms with E-state index in [-0.39, 0.29) is 16.3 Å². The number of alkyl halides is 1. The smallest absolute Gasteiger partial charge is 0.161 e. The van der Waals surface area contributed by atoms with Crippen LogP contribution < -0.4 is 0 Å². The summed E-state index contributed by atoms with van der Waals surface area (Å²) in [6.45, 7) is 4.11. The zero-order valence-corrected chi connectivity index (χ0v) is 12.2. The summed E-state index contributed by atoms with van der Waals surface area (Å²) in [6, 6.07) is 1.57. The second-order valence-electron chi connectivity index (χ2n) is 4.50. The molecule has 1 rings (SSSR count). The molecule has 102 valence electrons. The molecule has 0 saturated carbocycles. The third kappa shape index (κ3) is 3.74. The molecule has 0 aliphatic carbocycles. The van der Waals surface area contributed by atoms with Crippen molar-refractivity contribution in [2.24, 2.45) is 5.92 Å². The lowest BCUT2D eigenvalue weighted by atomic mass is 9.91. The van der Waals surface area contributed by atoms with Crippen LogP contribution >= 0.6 is 15.9 Å². The van der Waals surface area contributed by atoms with Gasteiger partial charge in [0, 0.05) is 16.5 Å². The molecule has 0 bridgehead atoms. The summed E-state index contributed by atoms with van der Waals surface area (Å²) in [5.74, 6) is -2.60. The van der Waals surface area contributed by atoms with Crippen molar-refractivity contribution in [1.29, 1.82) is 0 Å². The van der Waals surface area contributed by atoms with Crippen LogP contribution in [0.1, 0.15) is 49.9 Å². The third-order valence-electron chi connectivity index (χ3n) is 3.20. The Hall–Kier alpha value is -0.510. The van der Waals surface area contributed by atoms with Crippen molar-refractivity contribution in [1.82, 2.24) is 0 Å². The molecule has 0 aliphatic rings. The van der Waals surface area contributed by atoms with Gasteiger partial charge in [0.1, 0.15) is 5.82 Å². The second kappa shape index (κ2) is 7.17. The van der Waals surface area contributed by atoms with Crippen LogP contribution in [0.15, 0.2) is 12.1 Å². The van der Waals surface area contributed by atoms with E-state index in [1.807, 2.05) is 6.92 Å². The summed E-state index contributed by atoms with van der Waals surface area (Å²) in [6.07, 6.45) is 3.93. The van der Waals surface area contributed by atoms with Crippen LogP contribution in [0, 0.1) is 23.4 Å². The molecule has 0 nitrogen and oxygen atoms in total. The molecule has 0 saturated heterocycles. The van der Waals surface area contributed by atoms with Gasteiger partial charge in [0.2, 0.25) is 0 Å². The van der Waals surface area contributed by atoms with Gasteiger partial charge in [-0.3, -0.25) is 0 Å². The lowest BCUT2D eigenvalue weighted by Gasteiger charge is -2.22. The van der Waals surface area contributed by atoms with Crippen molar-refractivity contribution >= 4 is 15.9 Å². The number of unbranched alkanes of at least 4 members (excludes halogenated alkanes) is 1. The van der Waals surface area contributed by atoms with Gasteiger partial charge >= 0.3 is 0 Å². The molecular weight excluding hydrogens is 305 g/mol. The number of halogens is 4. The average Bonchev–Trinajstić information content (AvgIpc) is 2.34. The van der Waals surface area contributed by atoms with Gasteiger partial charge in [-0.1, -0.05) is 49.0 Å². The largest absolute Gasteiger partial charge is 0.207 e. The third-order valence-corrected chi connectivity index (χ3v) is 4.44. The van der Waals surface area contributed by atoms with E-state index in [0.29, 0.717) is 6.07 Å². The molecular formula is C14H18BrF3. The van der Waals surface area contributed by atoms with E-state index in [0.717, 1.165) is 31.7 Å². The Morgan fingerprint density at radius 2 is 1.67 bits per heavy atom. The molecule has 2 unspecified atom stereocenters. The molecule has 4 heteroatoms. The first-order chi connectivity index (χ1) is 8.51. The molecule has 0 heterocycles. The first kappa shape index (κ1) is 15.5. The SMILES string of the molecule is CCCCC(CC)C(Br)c1cc(F)c(F)cc1F. The predicted octanol–water partition coefficient (Wildman–Crippen LogP) is 5.76. The first-order valence-electron chi connectivity index (χ1n) is 6.29. The molecule has 0 radical (unpaired) electrons. The number of hydrogen-bond acceptors (Lipinski definition) is 0. The molecule has 2 atom stereocenters. The van der Waals surface area contributed by atoms with Crippen molar-refractivity contribution < 1.29 is 13.2 Å². The van der Waals surface area contributed by atoms with E-state index in [1.165, 1.54) is 0 Å². The van der Waals surface area contributed by atoms with Crippen LogP contribution in [0.5, 0.6) is 0 Å². The molecule has 18 heavy (non-hydrogen) atoms. The normalized spacial score (nSPS) is 14.6.